The largest absolute Gasteiger partial charge is 0.573 e. The van der Waals surface area contributed by atoms with Crippen molar-refractivity contribution in [2.45, 2.75) is 32.3 Å². The van der Waals surface area contributed by atoms with E-state index in [-0.39, 0.29) is 17.7 Å². The molecule has 0 aliphatic carbocycles. The first-order chi connectivity index (χ1) is 15.8. The van der Waals surface area contributed by atoms with Crippen molar-refractivity contribution in [3.8, 4) is 5.75 Å². The van der Waals surface area contributed by atoms with E-state index in [1.54, 1.807) is 24.3 Å². The Morgan fingerprint density at radius 2 is 1.67 bits per heavy atom. The Kier molecular flexibility index (Phi) is 6.64. The molecule has 0 saturated carbocycles. The Bertz CT molecular complexity index is 1190. The van der Waals surface area contributed by atoms with Crippen molar-refractivity contribution in [1.82, 2.24) is 20.0 Å². The number of halogens is 3. The van der Waals surface area contributed by atoms with Crippen molar-refractivity contribution in [2.75, 3.05) is 19.6 Å². The molecule has 174 valence electrons. The number of carbonyl (C=O) groups excluding carboxylic acids is 1. The van der Waals surface area contributed by atoms with Crippen LogP contribution in [0.5, 0.6) is 5.75 Å². The van der Waals surface area contributed by atoms with E-state index in [0.29, 0.717) is 23.0 Å². The van der Waals surface area contributed by atoms with Crippen molar-refractivity contribution in [3.63, 3.8) is 0 Å². The van der Waals surface area contributed by atoms with Gasteiger partial charge in [0.2, 0.25) is 0 Å². The quantitative estimate of drug-likeness (QED) is 0.586. The van der Waals surface area contributed by atoms with Gasteiger partial charge in [-0.15, -0.1) is 13.2 Å². The van der Waals surface area contributed by atoms with Crippen LogP contribution in [0.2, 0.25) is 0 Å². The number of likely N-dealkylation sites (tertiary alicyclic amines) is 1. The topological polar surface area (TPSA) is 76.5 Å². The van der Waals surface area contributed by atoms with Crippen LogP contribution in [0.25, 0.3) is 10.8 Å². The van der Waals surface area contributed by atoms with Crippen molar-refractivity contribution in [1.29, 1.82) is 0 Å². The van der Waals surface area contributed by atoms with E-state index in [4.69, 9.17) is 0 Å². The molecule has 1 amide bonds. The average Bonchev–Trinajstić information content (AvgIpc) is 3.31. The van der Waals surface area contributed by atoms with E-state index >= 15 is 0 Å². The number of fused-ring (bicyclic) bond motifs is 1. The third kappa shape index (κ3) is 5.70. The number of hydrogen-bond donors (Lipinski definition) is 1. The second-order valence-electron chi connectivity index (χ2n) is 7.82. The molecule has 1 fully saturated rings. The molecule has 4 rings (SSSR count). The highest BCUT2D eigenvalue weighted by Crippen LogP contribution is 2.22. The maximum atomic E-state index is 12.9. The molecule has 1 aliphatic heterocycles. The van der Waals surface area contributed by atoms with Gasteiger partial charge in [-0.25, -0.2) is 4.68 Å². The Labute approximate surface area is 187 Å². The lowest BCUT2D eigenvalue weighted by Crippen LogP contribution is -2.32. The average molecular weight is 460 g/mol. The zero-order valence-electron chi connectivity index (χ0n) is 17.8. The third-order valence-electron chi connectivity index (χ3n) is 5.54. The molecule has 1 aliphatic rings. The van der Waals surface area contributed by atoms with Gasteiger partial charge >= 0.3 is 6.36 Å². The molecule has 0 unspecified atom stereocenters. The highest BCUT2D eigenvalue weighted by atomic mass is 19.4. The van der Waals surface area contributed by atoms with Gasteiger partial charge in [-0.2, -0.15) is 5.10 Å². The van der Waals surface area contributed by atoms with Crippen LogP contribution in [0.1, 0.15) is 28.9 Å². The lowest BCUT2D eigenvalue weighted by atomic mass is 10.1. The van der Waals surface area contributed by atoms with E-state index < -0.39 is 18.0 Å². The Hall–Kier alpha value is -3.40. The summed E-state index contributed by atoms with van der Waals surface area (Å²) in [5.74, 6) is -0.883. The van der Waals surface area contributed by atoms with Gasteiger partial charge in [0.1, 0.15) is 5.75 Å². The molecule has 7 nitrogen and oxygen atoms in total. The monoisotopic (exact) mass is 460 g/mol. The normalized spacial score (nSPS) is 14.5. The summed E-state index contributed by atoms with van der Waals surface area (Å²) in [6, 6.07) is 11.7. The summed E-state index contributed by atoms with van der Waals surface area (Å²) < 4.78 is 42.2. The number of hydrogen-bond acceptors (Lipinski definition) is 5. The molecule has 1 aromatic heterocycles. The van der Waals surface area contributed by atoms with E-state index in [1.807, 2.05) is 0 Å². The lowest BCUT2D eigenvalue weighted by Gasteiger charge is -2.16. The Morgan fingerprint density at radius 1 is 1.00 bits per heavy atom. The minimum atomic E-state index is -4.80. The van der Waals surface area contributed by atoms with Gasteiger partial charge in [0.15, 0.2) is 0 Å². The molecule has 0 spiro atoms. The molecule has 2 aromatic carbocycles. The number of ether oxygens (including phenoxy) is 1. The number of alkyl halides is 3. The van der Waals surface area contributed by atoms with Gasteiger partial charge in [-0.05, 0) is 56.3 Å². The number of carbonyl (C=O) groups is 1. The van der Waals surface area contributed by atoms with Crippen molar-refractivity contribution in [2.24, 2.45) is 0 Å². The van der Waals surface area contributed by atoms with Gasteiger partial charge in [0.05, 0.1) is 24.2 Å². The van der Waals surface area contributed by atoms with E-state index in [0.717, 1.165) is 44.6 Å². The number of rotatable bonds is 7. The molecule has 33 heavy (non-hydrogen) atoms. The van der Waals surface area contributed by atoms with Crippen LogP contribution in [0, 0.1) is 0 Å². The minimum absolute atomic E-state index is 0.0597. The Balaban J connectivity index is 1.49. The highest BCUT2D eigenvalue weighted by molar-refractivity contribution is 5.94. The zero-order chi connectivity index (χ0) is 23.4. The Morgan fingerprint density at radius 3 is 2.33 bits per heavy atom. The summed E-state index contributed by atoms with van der Waals surface area (Å²) in [7, 11) is 0. The number of aromatic nitrogens is 2. The smallest absolute Gasteiger partial charge is 0.406 e. The van der Waals surface area contributed by atoms with E-state index in [1.165, 1.54) is 16.8 Å². The van der Waals surface area contributed by atoms with Crippen LogP contribution in [0.4, 0.5) is 13.2 Å². The van der Waals surface area contributed by atoms with Crippen LogP contribution >= 0.6 is 0 Å². The summed E-state index contributed by atoms with van der Waals surface area (Å²) in [4.78, 5) is 27.7. The first kappa shape index (κ1) is 22.8. The second-order valence-corrected chi connectivity index (χ2v) is 7.82. The maximum absolute atomic E-state index is 12.9. The van der Waals surface area contributed by atoms with Gasteiger partial charge in [-0.3, -0.25) is 9.59 Å². The molecule has 10 heteroatoms. The predicted molar refractivity (Wildman–Crippen MR) is 116 cm³/mol. The predicted octanol–water partition coefficient (Wildman–Crippen LogP) is 3.32. The molecule has 3 aromatic rings. The fourth-order valence-electron chi connectivity index (χ4n) is 3.90. The maximum Gasteiger partial charge on any atom is 0.573 e. The molecule has 0 radical (unpaired) electrons. The fourth-order valence-corrected chi connectivity index (χ4v) is 3.90. The van der Waals surface area contributed by atoms with Crippen LogP contribution in [0.15, 0.2) is 53.3 Å². The highest BCUT2D eigenvalue weighted by Gasteiger charge is 2.31. The molecular formula is C23H23F3N4O3. The van der Waals surface area contributed by atoms with Crippen molar-refractivity contribution < 1.29 is 22.7 Å². The van der Waals surface area contributed by atoms with Crippen LogP contribution in [0.3, 0.4) is 0 Å². The first-order valence-corrected chi connectivity index (χ1v) is 10.7. The summed E-state index contributed by atoms with van der Waals surface area (Å²) in [5, 5.41) is 8.40. The lowest BCUT2D eigenvalue weighted by molar-refractivity contribution is -0.274. The molecule has 1 saturated heterocycles. The zero-order valence-corrected chi connectivity index (χ0v) is 17.8. The van der Waals surface area contributed by atoms with E-state index in [2.05, 4.69) is 20.1 Å². The van der Waals surface area contributed by atoms with Crippen LogP contribution < -0.4 is 15.6 Å². The molecular weight excluding hydrogens is 437 g/mol. The van der Waals surface area contributed by atoms with Crippen molar-refractivity contribution >= 4 is 16.7 Å². The number of nitrogens with one attached hydrogen (secondary N) is 1. The molecule has 2 heterocycles. The number of benzene rings is 2. The standard InChI is InChI=1S/C23H23F3N4O3/c24-23(25,26)33-17-9-7-16(8-10-17)21(31)27-15-20-18-5-1-2-6-19(18)22(32)30(28-20)14-13-29-11-3-4-12-29/h1-2,5-10H,3-4,11-15H2,(H,27,31). The SMILES string of the molecule is O=C(NCc1nn(CCN2CCCC2)c(=O)c2ccccc12)c1ccc(OC(F)(F)F)cc1. The summed E-state index contributed by atoms with van der Waals surface area (Å²) in [5.41, 5.74) is 0.535. The minimum Gasteiger partial charge on any atom is -0.406 e. The summed E-state index contributed by atoms with van der Waals surface area (Å²) in [6.07, 6.45) is -2.49. The number of nitrogens with zero attached hydrogens (tertiary/aromatic N) is 3. The van der Waals surface area contributed by atoms with Gasteiger partial charge < -0.3 is 15.0 Å². The van der Waals surface area contributed by atoms with Crippen LogP contribution in [-0.2, 0) is 13.1 Å². The first-order valence-electron chi connectivity index (χ1n) is 10.7. The molecule has 0 bridgehead atoms. The fraction of sp³-hybridized carbons (Fsp3) is 0.348. The second kappa shape index (κ2) is 9.62. The van der Waals surface area contributed by atoms with Gasteiger partial charge in [0, 0.05) is 17.5 Å². The third-order valence-corrected chi connectivity index (χ3v) is 5.54. The summed E-state index contributed by atoms with van der Waals surface area (Å²) in [6.45, 7) is 3.26. The van der Waals surface area contributed by atoms with Crippen molar-refractivity contribution in [3.05, 3.63) is 70.1 Å². The van der Waals surface area contributed by atoms with E-state index in [9.17, 15) is 22.8 Å². The number of amides is 1. The molecule has 0 atom stereocenters. The molecule has 1 N–H and O–H groups in total. The summed E-state index contributed by atoms with van der Waals surface area (Å²) >= 11 is 0. The van der Waals surface area contributed by atoms with Gasteiger partial charge in [-0.1, -0.05) is 18.2 Å². The van der Waals surface area contributed by atoms with Crippen LogP contribution in [-0.4, -0.2) is 46.6 Å². The van der Waals surface area contributed by atoms with Gasteiger partial charge in [0.25, 0.3) is 11.5 Å².